The van der Waals surface area contributed by atoms with Crippen molar-refractivity contribution in [2.45, 2.75) is 40.2 Å². The van der Waals surface area contributed by atoms with Crippen molar-refractivity contribution in [1.29, 1.82) is 5.26 Å². The Kier molecular flexibility index (Phi) is 7.18. The van der Waals surface area contributed by atoms with E-state index < -0.39 is 0 Å². The minimum Gasteiger partial charge on any atom is -0.368 e. The molecule has 0 amide bonds. The van der Waals surface area contributed by atoms with Gasteiger partial charge in [0, 0.05) is 19.1 Å². The van der Waals surface area contributed by atoms with Gasteiger partial charge in [-0.25, -0.2) is 4.39 Å². The molecule has 2 unspecified atom stereocenters. The second-order valence-corrected chi connectivity index (χ2v) is 5.42. The Balaban J connectivity index is 3.10. The number of nitriles is 1. The van der Waals surface area contributed by atoms with Crippen molar-refractivity contribution in [2.24, 2.45) is 5.92 Å². The molecule has 2 atom stereocenters. The topological polar surface area (TPSA) is 39.1 Å². The van der Waals surface area contributed by atoms with E-state index in [2.05, 4.69) is 25.2 Å². The number of hydrogen-bond donors (Lipinski definition) is 1. The van der Waals surface area contributed by atoms with Gasteiger partial charge in [-0.3, -0.25) is 0 Å². The number of halogens is 1. The molecule has 0 bridgehead atoms. The second-order valence-electron chi connectivity index (χ2n) is 5.42. The summed E-state index contributed by atoms with van der Waals surface area (Å²) >= 11 is 0. The first-order valence-electron chi connectivity index (χ1n) is 7.71. The van der Waals surface area contributed by atoms with Gasteiger partial charge in [0.2, 0.25) is 0 Å². The number of para-hydroxylation sites is 1. The zero-order chi connectivity index (χ0) is 15.8. The Hall–Kier alpha value is -1.60. The van der Waals surface area contributed by atoms with Crippen LogP contribution in [0.25, 0.3) is 0 Å². The van der Waals surface area contributed by atoms with Crippen molar-refractivity contribution >= 4 is 5.69 Å². The molecule has 21 heavy (non-hydrogen) atoms. The van der Waals surface area contributed by atoms with Gasteiger partial charge in [-0.05, 0) is 45.4 Å². The van der Waals surface area contributed by atoms with Gasteiger partial charge in [0.25, 0.3) is 0 Å². The van der Waals surface area contributed by atoms with E-state index in [0.717, 1.165) is 18.5 Å². The Morgan fingerprint density at radius 3 is 2.62 bits per heavy atom. The fourth-order valence-electron chi connectivity index (χ4n) is 2.44. The van der Waals surface area contributed by atoms with E-state index in [1.165, 1.54) is 6.07 Å². The van der Waals surface area contributed by atoms with Crippen molar-refractivity contribution in [3.05, 3.63) is 29.6 Å². The Morgan fingerprint density at radius 1 is 1.33 bits per heavy atom. The molecule has 0 saturated heterocycles. The van der Waals surface area contributed by atoms with Gasteiger partial charge in [-0.2, -0.15) is 5.26 Å². The summed E-state index contributed by atoms with van der Waals surface area (Å²) in [5.74, 6) is -0.346. The van der Waals surface area contributed by atoms with Gasteiger partial charge in [0.15, 0.2) is 0 Å². The summed E-state index contributed by atoms with van der Waals surface area (Å²) in [6.45, 7) is 10.1. The maximum absolute atomic E-state index is 14.4. The number of hydrogen-bond acceptors (Lipinski definition) is 3. The summed E-state index contributed by atoms with van der Waals surface area (Å²) in [5.41, 5.74) is 1.58. The van der Waals surface area contributed by atoms with E-state index >= 15 is 0 Å². The molecule has 0 saturated carbocycles. The Bertz CT molecular complexity index is 481. The van der Waals surface area contributed by atoms with Crippen LogP contribution < -0.4 is 10.2 Å². The molecular formula is C17H26FN3. The fraction of sp³-hybridized carbons (Fsp3) is 0.588. The minimum atomic E-state index is -0.218. The lowest BCUT2D eigenvalue weighted by Gasteiger charge is -2.29. The molecule has 1 aromatic carbocycles. The van der Waals surface area contributed by atoms with Crippen LogP contribution in [0.15, 0.2) is 18.2 Å². The third-order valence-electron chi connectivity index (χ3n) is 3.60. The summed E-state index contributed by atoms with van der Waals surface area (Å²) in [5, 5.41) is 12.4. The largest absolute Gasteiger partial charge is 0.368 e. The minimum absolute atomic E-state index is 0.0853. The highest BCUT2D eigenvalue weighted by atomic mass is 19.1. The van der Waals surface area contributed by atoms with E-state index in [1.807, 2.05) is 24.8 Å². The number of benzene rings is 1. The molecule has 0 aliphatic carbocycles. The van der Waals surface area contributed by atoms with Gasteiger partial charge < -0.3 is 10.2 Å². The van der Waals surface area contributed by atoms with Crippen LogP contribution in [0.2, 0.25) is 0 Å². The molecule has 0 heterocycles. The first-order chi connectivity index (χ1) is 10.0. The average Bonchev–Trinajstić information content (AvgIpc) is 2.50. The van der Waals surface area contributed by atoms with Crippen LogP contribution in [0, 0.1) is 23.1 Å². The molecule has 0 aliphatic heterocycles. The van der Waals surface area contributed by atoms with Crippen molar-refractivity contribution in [2.75, 3.05) is 24.5 Å². The molecule has 0 radical (unpaired) electrons. The Morgan fingerprint density at radius 2 is 2.05 bits per heavy atom. The number of nitrogens with one attached hydrogen (secondary N) is 1. The van der Waals surface area contributed by atoms with Crippen LogP contribution in [0.4, 0.5) is 10.1 Å². The summed E-state index contributed by atoms with van der Waals surface area (Å²) in [6, 6.07) is 7.51. The van der Waals surface area contributed by atoms with Crippen LogP contribution in [0.3, 0.4) is 0 Å². The summed E-state index contributed by atoms with van der Waals surface area (Å²) in [6.07, 6.45) is 1.04. The van der Waals surface area contributed by atoms with Crippen molar-refractivity contribution in [3.8, 4) is 6.07 Å². The molecule has 1 rings (SSSR count). The van der Waals surface area contributed by atoms with E-state index in [9.17, 15) is 4.39 Å². The normalized spacial score (nSPS) is 13.5. The predicted octanol–water partition coefficient (Wildman–Crippen LogP) is 3.87. The summed E-state index contributed by atoms with van der Waals surface area (Å²) in [7, 11) is 0. The van der Waals surface area contributed by atoms with Crippen molar-refractivity contribution in [1.82, 2.24) is 5.32 Å². The number of rotatable bonds is 8. The molecule has 3 nitrogen and oxygen atoms in total. The van der Waals surface area contributed by atoms with Crippen LogP contribution in [0.5, 0.6) is 0 Å². The molecular weight excluding hydrogens is 265 g/mol. The second kappa shape index (κ2) is 8.63. The zero-order valence-corrected chi connectivity index (χ0v) is 13.5. The van der Waals surface area contributed by atoms with Gasteiger partial charge in [-0.1, -0.05) is 19.1 Å². The van der Waals surface area contributed by atoms with Crippen molar-refractivity contribution in [3.63, 3.8) is 0 Å². The van der Waals surface area contributed by atoms with Crippen molar-refractivity contribution < 1.29 is 4.39 Å². The van der Waals surface area contributed by atoms with E-state index in [4.69, 9.17) is 5.26 Å². The molecule has 116 valence electrons. The smallest absolute Gasteiger partial charge is 0.146 e. The average molecular weight is 291 g/mol. The van der Waals surface area contributed by atoms with Crippen LogP contribution in [-0.2, 0) is 0 Å². The standard InChI is InChI=1S/C17H26FN3/c1-5-10-20-14(4)15-8-7-9-16(18)17(15)21(6-2)12-13(3)11-19/h7-9,13-14,20H,5-6,10,12H2,1-4H3. The molecule has 0 aliphatic rings. The van der Waals surface area contributed by atoms with Crippen LogP contribution in [-0.4, -0.2) is 19.6 Å². The predicted molar refractivity (Wildman–Crippen MR) is 85.8 cm³/mol. The van der Waals surface area contributed by atoms with Gasteiger partial charge in [0.05, 0.1) is 17.7 Å². The maximum atomic E-state index is 14.4. The third kappa shape index (κ3) is 4.71. The molecule has 1 N–H and O–H groups in total. The molecule has 0 aromatic heterocycles. The van der Waals surface area contributed by atoms with Gasteiger partial charge in [0.1, 0.15) is 5.82 Å². The molecule has 4 heteroatoms. The van der Waals surface area contributed by atoms with Crippen LogP contribution in [0.1, 0.15) is 45.7 Å². The third-order valence-corrected chi connectivity index (χ3v) is 3.60. The lowest BCUT2D eigenvalue weighted by atomic mass is 10.0. The highest BCUT2D eigenvalue weighted by molar-refractivity contribution is 5.56. The van der Waals surface area contributed by atoms with Gasteiger partial charge in [-0.15, -0.1) is 0 Å². The highest BCUT2D eigenvalue weighted by Gasteiger charge is 2.20. The summed E-state index contributed by atoms with van der Waals surface area (Å²) in [4.78, 5) is 1.96. The Labute approximate surface area is 127 Å². The molecule has 0 spiro atoms. The summed E-state index contributed by atoms with van der Waals surface area (Å²) < 4.78 is 14.4. The number of anilines is 1. The SMILES string of the molecule is CCCNC(C)c1cccc(F)c1N(CC)CC(C)C#N. The molecule has 0 fully saturated rings. The van der Waals surface area contributed by atoms with Crippen LogP contribution >= 0.6 is 0 Å². The van der Waals surface area contributed by atoms with E-state index in [1.54, 1.807) is 6.07 Å². The first kappa shape index (κ1) is 17.5. The van der Waals surface area contributed by atoms with E-state index in [-0.39, 0.29) is 17.8 Å². The van der Waals surface area contributed by atoms with Gasteiger partial charge >= 0.3 is 0 Å². The highest BCUT2D eigenvalue weighted by Crippen LogP contribution is 2.30. The quantitative estimate of drug-likeness (QED) is 0.790. The first-order valence-corrected chi connectivity index (χ1v) is 7.71. The maximum Gasteiger partial charge on any atom is 0.146 e. The lowest BCUT2D eigenvalue weighted by Crippen LogP contribution is -2.31. The van der Waals surface area contributed by atoms with E-state index in [0.29, 0.717) is 18.8 Å². The monoisotopic (exact) mass is 291 g/mol. The molecule has 1 aromatic rings. The number of nitrogens with zero attached hydrogens (tertiary/aromatic N) is 2. The fourth-order valence-corrected chi connectivity index (χ4v) is 2.44. The lowest BCUT2D eigenvalue weighted by molar-refractivity contribution is 0.555. The zero-order valence-electron chi connectivity index (χ0n) is 13.5.